The van der Waals surface area contributed by atoms with Gasteiger partial charge in [0.2, 0.25) is 0 Å². The number of rotatable bonds is 5. The lowest BCUT2D eigenvalue weighted by molar-refractivity contribution is 1.26. The summed E-state index contributed by atoms with van der Waals surface area (Å²) in [5.74, 6) is 0. The first-order valence-electron chi connectivity index (χ1n) is 18.7. The zero-order valence-corrected chi connectivity index (χ0v) is 29.3. The predicted molar refractivity (Wildman–Crippen MR) is 222 cm³/mol. The van der Waals surface area contributed by atoms with Crippen molar-refractivity contribution in [1.82, 2.24) is 4.98 Å². The van der Waals surface area contributed by atoms with Gasteiger partial charge < -0.3 is 0 Å². The van der Waals surface area contributed by atoms with Gasteiger partial charge in [0, 0.05) is 5.56 Å². The van der Waals surface area contributed by atoms with Crippen LogP contribution < -0.4 is 0 Å². The SMILES string of the molecule is C1=CC(c2cc(-c3cccc(-c4cccc5c4-c4cc(-c6cccc7c6Cc6ccccc6-7)c6ccccc6c4C5)c3)cc(-c3ccccc3)n2)=CC1. The van der Waals surface area contributed by atoms with Crippen molar-refractivity contribution in [3.8, 4) is 66.9 Å². The molecule has 248 valence electrons. The van der Waals surface area contributed by atoms with Crippen molar-refractivity contribution in [2.45, 2.75) is 19.3 Å². The Bertz CT molecular complexity index is 2850. The molecule has 3 aliphatic rings. The Morgan fingerprint density at radius 2 is 1.06 bits per heavy atom. The molecule has 0 amide bonds. The highest BCUT2D eigenvalue weighted by atomic mass is 14.7. The molecule has 0 aliphatic heterocycles. The Balaban J connectivity index is 1.07. The highest BCUT2D eigenvalue weighted by Gasteiger charge is 2.28. The molecule has 53 heavy (non-hydrogen) atoms. The first-order valence-corrected chi connectivity index (χ1v) is 18.7. The molecule has 1 heterocycles. The van der Waals surface area contributed by atoms with Gasteiger partial charge in [0.05, 0.1) is 11.4 Å². The average molecular weight is 674 g/mol. The van der Waals surface area contributed by atoms with Gasteiger partial charge in [0.25, 0.3) is 0 Å². The molecule has 7 aromatic carbocycles. The number of pyridine rings is 1. The molecule has 0 fully saturated rings. The summed E-state index contributed by atoms with van der Waals surface area (Å²) in [7, 11) is 0. The largest absolute Gasteiger partial charge is 0.248 e. The third-order valence-corrected chi connectivity index (χ3v) is 11.6. The fourth-order valence-corrected chi connectivity index (χ4v) is 9.09. The minimum atomic E-state index is 0.939. The van der Waals surface area contributed by atoms with Crippen LogP contribution in [0.15, 0.2) is 176 Å². The van der Waals surface area contributed by atoms with Crippen LogP contribution in [0.5, 0.6) is 0 Å². The third-order valence-electron chi connectivity index (χ3n) is 11.6. The van der Waals surface area contributed by atoms with Crippen LogP contribution in [-0.4, -0.2) is 4.98 Å². The van der Waals surface area contributed by atoms with Crippen molar-refractivity contribution in [3.63, 3.8) is 0 Å². The van der Waals surface area contributed by atoms with Crippen LogP contribution in [-0.2, 0) is 12.8 Å². The molecule has 0 bridgehead atoms. The van der Waals surface area contributed by atoms with Gasteiger partial charge in [0.1, 0.15) is 0 Å². The van der Waals surface area contributed by atoms with Gasteiger partial charge in [-0.05, 0) is 138 Å². The Labute approximate surface area is 310 Å². The lowest BCUT2D eigenvalue weighted by Crippen LogP contribution is -1.94. The minimum Gasteiger partial charge on any atom is -0.248 e. The van der Waals surface area contributed by atoms with E-state index in [1.165, 1.54) is 94.2 Å². The smallest absolute Gasteiger partial charge is 0.0715 e. The number of benzene rings is 7. The quantitative estimate of drug-likeness (QED) is 0.177. The van der Waals surface area contributed by atoms with Crippen LogP contribution in [0, 0.1) is 0 Å². The highest BCUT2D eigenvalue weighted by molar-refractivity contribution is 6.07. The van der Waals surface area contributed by atoms with E-state index in [0.717, 1.165) is 36.2 Å². The number of allylic oxidation sites excluding steroid dienone is 4. The fraction of sp³-hybridized carbons (Fsp3) is 0.0577. The van der Waals surface area contributed by atoms with E-state index in [4.69, 9.17) is 4.98 Å². The Kier molecular flexibility index (Phi) is 6.82. The zero-order valence-electron chi connectivity index (χ0n) is 29.3. The molecule has 11 rings (SSSR count). The van der Waals surface area contributed by atoms with Crippen molar-refractivity contribution < 1.29 is 0 Å². The maximum absolute atomic E-state index is 5.14. The molecule has 0 radical (unpaired) electrons. The Morgan fingerprint density at radius 1 is 0.396 bits per heavy atom. The first kappa shape index (κ1) is 30.1. The van der Waals surface area contributed by atoms with Gasteiger partial charge in [-0.25, -0.2) is 4.98 Å². The predicted octanol–water partition coefficient (Wildman–Crippen LogP) is 13.4. The molecule has 0 unspecified atom stereocenters. The number of hydrogen-bond donors (Lipinski definition) is 0. The lowest BCUT2D eigenvalue weighted by Gasteiger charge is -2.17. The lowest BCUT2D eigenvalue weighted by atomic mass is 9.87. The number of aromatic nitrogens is 1. The molecule has 0 saturated heterocycles. The van der Waals surface area contributed by atoms with Gasteiger partial charge in [0.15, 0.2) is 0 Å². The normalized spacial score (nSPS) is 13.5. The van der Waals surface area contributed by atoms with Crippen LogP contribution in [0.1, 0.15) is 34.4 Å². The number of hydrogen-bond acceptors (Lipinski definition) is 1. The second kappa shape index (κ2) is 12.0. The van der Waals surface area contributed by atoms with Crippen molar-refractivity contribution in [2.24, 2.45) is 0 Å². The standard InChI is InChI=1S/C52H35N/c1-2-13-33(14-3-1)50-30-39(31-51(53-50)34-15-4-5-16-34)35-18-10-19-36(27-35)41-24-11-20-38-29-47-43-22-8-9-23-44(43)48(32-49(47)52(38)41)45-26-12-25-42-40-21-7-6-17-37(40)28-46(42)45/h1-4,6-27,30-32H,5,28-29H2. The van der Waals surface area contributed by atoms with E-state index in [-0.39, 0.29) is 0 Å². The van der Waals surface area contributed by atoms with E-state index in [9.17, 15) is 0 Å². The molecule has 0 saturated carbocycles. The molecule has 1 heteroatoms. The first-order chi connectivity index (χ1) is 26.3. The summed E-state index contributed by atoms with van der Waals surface area (Å²) in [5, 5.41) is 2.69. The molecule has 1 aromatic heterocycles. The monoisotopic (exact) mass is 673 g/mol. The average Bonchev–Trinajstić information content (AvgIpc) is 3.99. The molecular formula is C52H35N. The van der Waals surface area contributed by atoms with Gasteiger partial charge in [-0.3, -0.25) is 0 Å². The van der Waals surface area contributed by atoms with E-state index in [0.29, 0.717) is 0 Å². The van der Waals surface area contributed by atoms with Gasteiger partial charge >= 0.3 is 0 Å². The van der Waals surface area contributed by atoms with Crippen LogP contribution >= 0.6 is 0 Å². The van der Waals surface area contributed by atoms with Crippen molar-refractivity contribution in [3.05, 3.63) is 204 Å². The molecule has 3 aliphatic carbocycles. The summed E-state index contributed by atoms with van der Waals surface area (Å²) in [6.07, 6.45) is 9.53. The van der Waals surface area contributed by atoms with Crippen molar-refractivity contribution in [1.29, 1.82) is 0 Å². The maximum Gasteiger partial charge on any atom is 0.0715 e. The molecule has 0 N–H and O–H groups in total. The van der Waals surface area contributed by atoms with Gasteiger partial charge in [-0.1, -0.05) is 152 Å². The minimum absolute atomic E-state index is 0.939. The van der Waals surface area contributed by atoms with Crippen LogP contribution in [0.2, 0.25) is 0 Å². The maximum atomic E-state index is 5.14. The van der Waals surface area contributed by atoms with Crippen molar-refractivity contribution >= 4 is 16.3 Å². The molecule has 0 atom stereocenters. The van der Waals surface area contributed by atoms with E-state index in [1.54, 1.807) is 0 Å². The van der Waals surface area contributed by atoms with E-state index in [2.05, 4.69) is 176 Å². The Hall–Kier alpha value is -6.57. The summed E-state index contributed by atoms with van der Waals surface area (Å²) in [6.45, 7) is 0. The summed E-state index contributed by atoms with van der Waals surface area (Å²) in [6, 6.07) is 58.4. The van der Waals surface area contributed by atoms with E-state index < -0.39 is 0 Å². The van der Waals surface area contributed by atoms with Gasteiger partial charge in [-0.15, -0.1) is 0 Å². The second-order valence-electron chi connectivity index (χ2n) is 14.5. The molecular weight excluding hydrogens is 639 g/mol. The van der Waals surface area contributed by atoms with Crippen molar-refractivity contribution in [2.75, 3.05) is 0 Å². The molecule has 1 nitrogen and oxygen atoms in total. The summed E-state index contributed by atoms with van der Waals surface area (Å²) < 4.78 is 0. The van der Waals surface area contributed by atoms with E-state index >= 15 is 0 Å². The molecule has 0 spiro atoms. The van der Waals surface area contributed by atoms with Crippen LogP contribution in [0.25, 0.3) is 83.2 Å². The summed E-state index contributed by atoms with van der Waals surface area (Å²) in [5.41, 5.74) is 23.1. The van der Waals surface area contributed by atoms with Crippen LogP contribution in [0.3, 0.4) is 0 Å². The van der Waals surface area contributed by atoms with E-state index in [1.807, 2.05) is 0 Å². The number of fused-ring (bicyclic) bond motifs is 8. The fourth-order valence-electron chi connectivity index (χ4n) is 9.09. The van der Waals surface area contributed by atoms with Crippen LogP contribution in [0.4, 0.5) is 0 Å². The Morgan fingerprint density at radius 3 is 1.94 bits per heavy atom. The summed E-state index contributed by atoms with van der Waals surface area (Å²) >= 11 is 0. The topological polar surface area (TPSA) is 12.9 Å². The highest BCUT2D eigenvalue weighted by Crippen LogP contribution is 2.50. The van der Waals surface area contributed by atoms with Gasteiger partial charge in [-0.2, -0.15) is 0 Å². The third kappa shape index (κ3) is 4.89. The molecule has 8 aromatic rings. The summed E-state index contributed by atoms with van der Waals surface area (Å²) in [4.78, 5) is 5.14. The number of nitrogens with zero attached hydrogens (tertiary/aromatic N) is 1. The second-order valence-corrected chi connectivity index (χ2v) is 14.5. The zero-order chi connectivity index (χ0) is 34.9.